The molecule has 4 saturated carbocycles. The fourth-order valence-corrected chi connectivity index (χ4v) is 12.1. The van der Waals surface area contributed by atoms with Crippen LogP contribution < -0.4 is 5.32 Å². The van der Waals surface area contributed by atoms with Crippen LogP contribution in [-0.4, -0.2) is 58.5 Å². The van der Waals surface area contributed by atoms with Gasteiger partial charge in [-0.2, -0.15) is 0 Å². The lowest BCUT2D eigenvalue weighted by atomic mass is 9.33. The number of Topliss-reactive ketones (excluding diaryl/α,β-unsaturated/α-hetero) is 1. The quantitative estimate of drug-likeness (QED) is 0.265. The first-order chi connectivity index (χ1) is 22.0. The van der Waals surface area contributed by atoms with E-state index in [1.165, 1.54) is 5.57 Å². The van der Waals surface area contributed by atoms with Crippen LogP contribution in [0.3, 0.4) is 0 Å². The monoisotopic (exact) mass is 668 g/mol. The molecule has 4 fully saturated rings. The van der Waals surface area contributed by atoms with Crippen molar-refractivity contribution in [2.75, 3.05) is 7.05 Å². The van der Waals surface area contributed by atoms with Gasteiger partial charge in [-0.05, 0) is 130 Å². The minimum absolute atomic E-state index is 0.0158. The van der Waals surface area contributed by atoms with E-state index in [1.807, 2.05) is 20.9 Å². The lowest BCUT2D eigenvalue weighted by Gasteiger charge is -2.72. The summed E-state index contributed by atoms with van der Waals surface area (Å²) in [5, 5.41) is 13.0. The van der Waals surface area contributed by atoms with Crippen molar-refractivity contribution < 1.29 is 29.0 Å². The number of nitrogens with zero attached hydrogens (tertiary/aromatic N) is 1. The molecule has 0 spiro atoms. The number of aliphatic carboxylic acids is 1. The molecule has 8 nitrogen and oxygen atoms in total. The van der Waals surface area contributed by atoms with E-state index in [0.717, 1.165) is 56.9 Å². The molecule has 0 aliphatic heterocycles. The molecule has 0 saturated heterocycles. The second-order valence-corrected chi connectivity index (χ2v) is 19.1. The van der Waals surface area contributed by atoms with Crippen molar-refractivity contribution in [3.8, 4) is 0 Å². The molecule has 5 aliphatic rings. The van der Waals surface area contributed by atoms with E-state index >= 15 is 0 Å². The molecule has 270 valence electrons. The molecule has 2 amide bonds. The van der Waals surface area contributed by atoms with Crippen molar-refractivity contribution in [2.45, 2.75) is 158 Å². The normalized spacial score (nSPS) is 38.9. The van der Waals surface area contributed by atoms with Gasteiger partial charge in [-0.15, -0.1) is 0 Å². The zero-order chi connectivity index (χ0) is 36.0. The molecule has 48 heavy (non-hydrogen) atoms. The number of ether oxygens (including phenoxy) is 1. The number of esters is 1. The minimum atomic E-state index is -1.16. The zero-order valence-electron chi connectivity index (χ0n) is 32.0. The third-order valence-corrected chi connectivity index (χ3v) is 15.2. The van der Waals surface area contributed by atoms with Crippen LogP contribution in [0.1, 0.15) is 140 Å². The van der Waals surface area contributed by atoms with Crippen molar-refractivity contribution in [1.29, 1.82) is 0 Å². The number of carboxylic acid groups (broad SMARTS) is 1. The van der Waals surface area contributed by atoms with Crippen LogP contribution >= 0.6 is 0 Å². The van der Waals surface area contributed by atoms with Crippen molar-refractivity contribution in [2.24, 2.45) is 50.7 Å². The molecule has 5 aliphatic carbocycles. The van der Waals surface area contributed by atoms with Crippen LogP contribution in [0.15, 0.2) is 11.1 Å². The zero-order valence-corrected chi connectivity index (χ0v) is 32.0. The van der Waals surface area contributed by atoms with Gasteiger partial charge in [-0.25, -0.2) is 4.79 Å². The molecule has 4 unspecified atom stereocenters. The Labute approximate surface area is 289 Å². The van der Waals surface area contributed by atoms with E-state index in [9.17, 15) is 24.3 Å². The molecule has 0 heterocycles. The van der Waals surface area contributed by atoms with Crippen molar-refractivity contribution in [1.82, 2.24) is 10.2 Å². The first-order valence-corrected chi connectivity index (χ1v) is 18.7. The van der Waals surface area contributed by atoms with E-state index in [2.05, 4.69) is 53.8 Å². The molecule has 0 aromatic heterocycles. The summed E-state index contributed by atoms with van der Waals surface area (Å²) in [4.78, 5) is 53.9. The van der Waals surface area contributed by atoms with Crippen molar-refractivity contribution in [3.63, 3.8) is 0 Å². The summed E-state index contributed by atoms with van der Waals surface area (Å²) in [6.45, 7) is 23.6. The van der Waals surface area contributed by atoms with Crippen LogP contribution in [0.25, 0.3) is 0 Å². The number of ketones is 1. The van der Waals surface area contributed by atoms with Gasteiger partial charge in [-0.3, -0.25) is 14.4 Å². The number of carboxylic acids is 1. The summed E-state index contributed by atoms with van der Waals surface area (Å²) in [6.07, 6.45) is 7.73. The third kappa shape index (κ3) is 5.36. The minimum Gasteiger partial charge on any atom is -0.481 e. The molecule has 8 heteroatoms. The van der Waals surface area contributed by atoms with Crippen LogP contribution in [-0.2, 0) is 19.1 Å². The van der Waals surface area contributed by atoms with Crippen LogP contribution in [0.4, 0.5) is 4.79 Å². The van der Waals surface area contributed by atoms with Gasteiger partial charge < -0.3 is 20.1 Å². The highest BCUT2D eigenvalue weighted by atomic mass is 16.5. The first kappa shape index (κ1) is 36.9. The number of amides is 2. The number of allylic oxidation sites excluding steroid dienone is 1. The molecular weight excluding hydrogens is 604 g/mol. The maximum absolute atomic E-state index is 13.9. The average Bonchev–Trinajstić information content (AvgIpc) is 3.25. The lowest BCUT2D eigenvalue weighted by Crippen LogP contribution is -2.67. The van der Waals surface area contributed by atoms with Crippen LogP contribution in [0.5, 0.6) is 0 Å². The Hall–Kier alpha value is -2.38. The number of fused-ring (bicyclic) bond motifs is 7. The molecule has 0 aromatic rings. The SMILES string of the molecule is CC(C)C1=C2C3CCC4C5(C)CC[C@H](OC(=O)CC(C)(C)C(=O)O)C(C)(C)C5CC[C@@]4(C)[C@]3(C)CC[C@@]2(NC(=O)N(C)C(C)C)CC1=O. The topological polar surface area (TPSA) is 113 Å². The Morgan fingerprint density at radius 2 is 1.56 bits per heavy atom. The van der Waals surface area contributed by atoms with Crippen molar-refractivity contribution in [3.05, 3.63) is 11.1 Å². The number of urea groups is 1. The maximum Gasteiger partial charge on any atom is 0.318 e. The molecule has 0 aromatic carbocycles. The predicted octanol–water partition coefficient (Wildman–Crippen LogP) is 8.18. The number of carbonyl (C=O) groups is 4. The lowest BCUT2D eigenvalue weighted by molar-refractivity contribution is -0.232. The first-order valence-electron chi connectivity index (χ1n) is 18.7. The Balaban J connectivity index is 1.46. The van der Waals surface area contributed by atoms with Gasteiger partial charge in [0.25, 0.3) is 0 Å². The van der Waals surface area contributed by atoms with Gasteiger partial charge in [0.1, 0.15) is 6.10 Å². The second-order valence-electron chi connectivity index (χ2n) is 19.1. The smallest absolute Gasteiger partial charge is 0.318 e. The second kappa shape index (κ2) is 11.9. The largest absolute Gasteiger partial charge is 0.481 e. The summed E-state index contributed by atoms with van der Waals surface area (Å²) < 4.78 is 6.14. The molecule has 5 rings (SSSR count). The number of carbonyl (C=O) groups excluding carboxylic acids is 3. The number of nitrogens with one attached hydrogen (secondary N) is 1. The van der Waals surface area contributed by atoms with Gasteiger partial charge in [0, 0.05) is 24.9 Å². The van der Waals surface area contributed by atoms with Crippen molar-refractivity contribution >= 4 is 23.8 Å². The van der Waals surface area contributed by atoms with Gasteiger partial charge in [0.2, 0.25) is 0 Å². The highest BCUT2D eigenvalue weighted by Gasteiger charge is 2.70. The Morgan fingerprint density at radius 1 is 0.917 bits per heavy atom. The molecule has 0 radical (unpaired) electrons. The highest BCUT2D eigenvalue weighted by Crippen LogP contribution is 2.76. The predicted molar refractivity (Wildman–Crippen MR) is 187 cm³/mol. The average molecular weight is 669 g/mol. The highest BCUT2D eigenvalue weighted by molar-refractivity contribution is 6.02. The fourth-order valence-electron chi connectivity index (χ4n) is 12.1. The summed E-state index contributed by atoms with van der Waals surface area (Å²) in [6, 6.07) is -0.0304. The Kier molecular flexibility index (Phi) is 9.11. The summed E-state index contributed by atoms with van der Waals surface area (Å²) >= 11 is 0. The van der Waals surface area contributed by atoms with Gasteiger partial charge in [0.05, 0.1) is 17.4 Å². The molecule has 0 bridgehead atoms. The standard InChI is InChI=1S/C40H64N2O6/c1-23(2)31-26(43)21-40(41-34(47)42(12)24(3)4)20-19-38(10)25(32(31)40)13-14-28-37(9)17-16-29(48-30(44)22-35(5,6)33(45)46)36(7,8)27(37)15-18-39(28,38)11/h23-25,27-29H,13-22H2,1-12H3,(H,41,47)(H,45,46)/t25?,27?,28?,29-,37?,38+,39+,40+/m0/s1. The van der Waals surface area contributed by atoms with Crippen LogP contribution in [0, 0.1) is 50.7 Å². The van der Waals surface area contributed by atoms with Crippen LogP contribution in [0.2, 0.25) is 0 Å². The fraction of sp³-hybridized carbons (Fsp3) is 0.850. The maximum atomic E-state index is 13.9. The van der Waals surface area contributed by atoms with E-state index in [4.69, 9.17) is 4.74 Å². The molecular formula is C40H64N2O6. The molecule has 8 atom stereocenters. The van der Waals surface area contributed by atoms with E-state index in [0.29, 0.717) is 18.3 Å². The molecule has 2 N–H and O–H groups in total. The van der Waals surface area contributed by atoms with E-state index in [-0.39, 0.29) is 63.9 Å². The summed E-state index contributed by atoms with van der Waals surface area (Å²) in [7, 11) is 1.84. The third-order valence-electron chi connectivity index (χ3n) is 15.2. The van der Waals surface area contributed by atoms with E-state index in [1.54, 1.807) is 18.7 Å². The van der Waals surface area contributed by atoms with Gasteiger partial charge >= 0.3 is 18.0 Å². The number of rotatable bonds is 7. The Bertz CT molecular complexity index is 1400. The number of hydrogen-bond donors (Lipinski definition) is 2. The summed E-state index contributed by atoms with van der Waals surface area (Å²) in [5.74, 6) is 0.000251. The number of hydrogen-bond acceptors (Lipinski definition) is 5. The van der Waals surface area contributed by atoms with Gasteiger partial charge in [-0.1, -0.05) is 48.5 Å². The van der Waals surface area contributed by atoms with E-state index < -0.39 is 22.9 Å². The van der Waals surface area contributed by atoms with Gasteiger partial charge in [0.15, 0.2) is 5.78 Å². The summed E-state index contributed by atoms with van der Waals surface area (Å²) in [5.41, 5.74) is 0.306. The Morgan fingerprint density at radius 3 is 2.15 bits per heavy atom.